The van der Waals surface area contributed by atoms with Crippen LogP contribution in [0.4, 0.5) is 0 Å². The number of aliphatic hydroxyl groups is 1. The second-order valence-electron chi connectivity index (χ2n) is 5.30. The summed E-state index contributed by atoms with van der Waals surface area (Å²) in [6, 6.07) is -0.390. The third-order valence-electron chi connectivity index (χ3n) is 3.52. The molecule has 0 spiro atoms. The van der Waals surface area contributed by atoms with Crippen molar-refractivity contribution in [3.05, 3.63) is 23.1 Å². The molecule has 4 N–H and O–H groups in total. The molecule has 0 amide bonds. The van der Waals surface area contributed by atoms with E-state index in [1.54, 1.807) is 0 Å². The maximum absolute atomic E-state index is 11.9. The quantitative estimate of drug-likeness (QED) is 0.476. The molecule has 2 fully saturated rings. The summed E-state index contributed by atoms with van der Waals surface area (Å²) in [6.07, 6.45) is 1.30. The van der Waals surface area contributed by atoms with Crippen LogP contribution in [0.3, 0.4) is 0 Å². The Labute approximate surface area is 133 Å². The van der Waals surface area contributed by atoms with Crippen molar-refractivity contribution in [3.63, 3.8) is 0 Å². The molecule has 0 aromatic heterocycles. The number of methoxy groups -OCH3 is 1. The molecule has 122 valence electrons. The van der Waals surface area contributed by atoms with Crippen LogP contribution >= 0.6 is 11.6 Å². The van der Waals surface area contributed by atoms with Gasteiger partial charge in [-0.1, -0.05) is 18.2 Å². The fraction of sp³-hybridized carbons (Fsp3) is 0.571. The molecule has 1 aliphatic carbocycles. The highest BCUT2D eigenvalue weighted by Crippen LogP contribution is 2.36. The molecule has 22 heavy (non-hydrogen) atoms. The topological polar surface area (TPSA) is 106 Å². The molecule has 2 rings (SSSR count). The van der Waals surface area contributed by atoms with E-state index in [1.807, 2.05) is 0 Å². The summed E-state index contributed by atoms with van der Waals surface area (Å²) < 4.78 is 9.80. The highest BCUT2D eigenvalue weighted by molar-refractivity contribution is 6.58. The number of rotatable bonds is 6. The summed E-state index contributed by atoms with van der Waals surface area (Å²) in [5, 5.41) is 12.5. The highest BCUT2D eigenvalue weighted by Gasteiger charge is 2.29. The SMILES string of the molecule is C=C(/N=C(C(=O)OC)\C(Cl)=C(/N)N[C@H]1COC[C@H]1O)C1CC1. The summed E-state index contributed by atoms with van der Waals surface area (Å²) in [7, 11) is 1.24. The first-order chi connectivity index (χ1) is 10.4. The summed E-state index contributed by atoms with van der Waals surface area (Å²) in [4.78, 5) is 16.0. The largest absolute Gasteiger partial charge is 0.464 e. The molecule has 7 nitrogen and oxygen atoms in total. The van der Waals surface area contributed by atoms with E-state index >= 15 is 0 Å². The number of aliphatic imine (C=N–C) groups is 1. The Bertz CT molecular complexity index is 528. The van der Waals surface area contributed by atoms with E-state index in [2.05, 4.69) is 21.6 Å². The second-order valence-corrected chi connectivity index (χ2v) is 5.68. The normalized spacial score (nSPS) is 26.4. The van der Waals surface area contributed by atoms with E-state index in [4.69, 9.17) is 22.1 Å². The summed E-state index contributed by atoms with van der Waals surface area (Å²) in [6.45, 7) is 4.35. The maximum Gasteiger partial charge on any atom is 0.358 e. The Morgan fingerprint density at radius 1 is 1.50 bits per heavy atom. The van der Waals surface area contributed by atoms with Crippen LogP contribution in [-0.2, 0) is 14.3 Å². The number of nitrogens with one attached hydrogen (secondary N) is 1. The number of hydrogen-bond donors (Lipinski definition) is 3. The predicted molar refractivity (Wildman–Crippen MR) is 82.1 cm³/mol. The van der Waals surface area contributed by atoms with Gasteiger partial charge >= 0.3 is 5.97 Å². The number of hydrogen-bond acceptors (Lipinski definition) is 7. The lowest BCUT2D eigenvalue weighted by Gasteiger charge is -2.17. The lowest BCUT2D eigenvalue weighted by atomic mass is 10.2. The highest BCUT2D eigenvalue weighted by atomic mass is 35.5. The molecule has 8 heteroatoms. The first-order valence-electron chi connectivity index (χ1n) is 6.97. The standard InChI is InChI=1S/C14H20ClN3O4/c1-7(8-3-4-8)17-12(14(20)21-2)11(15)13(16)18-9-5-22-6-10(9)19/h8-10,18-19H,1,3-6,16H2,2H3/b13-11-,17-12+/t9-,10+/m0/s1. The van der Waals surface area contributed by atoms with Crippen LogP contribution in [0.1, 0.15) is 12.8 Å². The van der Waals surface area contributed by atoms with Gasteiger partial charge in [-0.2, -0.15) is 0 Å². The van der Waals surface area contributed by atoms with Gasteiger partial charge in [-0.3, -0.25) is 0 Å². The Balaban J connectivity index is 2.18. The molecule has 0 aromatic rings. The molecule has 0 bridgehead atoms. The van der Waals surface area contributed by atoms with Crippen LogP contribution in [0, 0.1) is 5.92 Å². The number of esters is 1. The monoisotopic (exact) mass is 329 g/mol. The Morgan fingerprint density at radius 2 is 2.18 bits per heavy atom. The number of halogens is 1. The van der Waals surface area contributed by atoms with Gasteiger partial charge in [0.05, 0.1) is 32.5 Å². The van der Waals surface area contributed by atoms with Crippen molar-refractivity contribution < 1.29 is 19.4 Å². The van der Waals surface area contributed by atoms with Gasteiger partial charge in [0.1, 0.15) is 10.9 Å². The number of carbonyl (C=O) groups excluding carboxylic acids is 1. The van der Waals surface area contributed by atoms with Crippen LogP contribution in [0.2, 0.25) is 0 Å². The van der Waals surface area contributed by atoms with Gasteiger partial charge in [0.2, 0.25) is 0 Å². The Hall–Kier alpha value is -1.57. The van der Waals surface area contributed by atoms with E-state index in [-0.39, 0.29) is 35.1 Å². The maximum atomic E-state index is 11.9. The van der Waals surface area contributed by atoms with Gasteiger partial charge in [-0.15, -0.1) is 0 Å². The molecule has 2 atom stereocenters. The van der Waals surface area contributed by atoms with Crippen LogP contribution in [0.15, 0.2) is 28.1 Å². The predicted octanol–water partition coefficient (Wildman–Crippen LogP) is 0.240. The second kappa shape index (κ2) is 7.13. The summed E-state index contributed by atoms with van der Waals surface area (Å²) in [5.41, 5.74) is 6.35. The van der Waals surface area contributed by atoms with E-state index in [0.717, 1.165) is 12.8 Å². The third-order valence-corrected chi connectivity index (χ3v) is 3.90. The van der Waals surface area contributed by atoms with E-state index in [9.17, 15) is 9.90 Å². The molecular formula is C14H20ClN3O4. The van der Waals surface area contributed by atoms with Gasteiger partial charge in [0.25, 0.3) is 0 Å². The number of allylic oxidation sites excluding steroid dienone is 1. The number of nitrogens with zero attached hydrogens (tertiary/aromatic N) is 1. The average molecular weight is 330 g/mol. The molecule has 0 aromatic carbocycles. The van der Waals surface area contributed by atoms with Crippen molar-refractivity contribution >= 4 is 23.3 Å². The molecule has 0 unspecified atom stereocenters. The minimum absolute atomic E-state index is 0.0314. The molecule has 2 aliphatic rings. The Morgan fingerprint density at radius 3 is 2.68 bits per heavy atom. The van der Waals surface area contributed by atoms with Gasteiger partial charge in [-0.25, -0.2) is 9.79 Å². The van der Waals surface area contributed by atoms with E-state index < -0.39 is 12.1 Å². The first-order valence-corrected chi connectivity index (χ1v) is 7.35. The molecule has 1 heterocycles. The zero-order valence-electron chi connectivity index (χ0n) is 12.3. The van der Waals surface area contributed by atoms with E-state index in [1.165, 1.54) is 7.11 Å². The van der Waals surface area contributed by atoms with Crippen LogP contribution in [-0.4, -0.2) is 49.3 Å². The van der Waals surface area contributed by atoms with Gasteiger partial charge in [-0.05, 0) is 12.8 Å². The van der Waals surface area contributed by atoms with Crippen molar-refractivity contribution in [1.29, 1.82) is 0 Å². The fourth-order valence-electron chi connectivity index (χ4n) is 2.00. The number of aliphatic hydroxyl groups excluding tert-OH is 1. The minimum Gasteiger partial charge on any atom is -0.464 e. The number of nitrogens with two attached hydrogens (primary N) is 1. The lowest BCUT2D eigenvalue weighted by Crippen LogP contribution is -2.41. The smallest absolute Gasteiger partial charge is 0.358 e. The zero-order chi connectivity index (χ0) is 16.3. The van der Waals surface area contributed by atoms with Crippen molar-refractivity contribution in [2.45, 2.75) is 25.0 Å². The van der Waals surface area contributed by atoms with Crippen molar-refractivity contribution in [3.8, 4) is 0 Å². The fourth-order valence-corrected chi connectivity index (χ4v) is 2.18. The number of ether oxygens (including phenoxy) is 2. The number of carbonyl (C=O) groups is 1. The van der Waals surface area contributed by atoms with Crippen LogP contribution in [0.25, 0.3) is 0 Å². The third kappa shape index (κ3) is 4.00. The molecule has 1 aliphatic heterocycles. The zero-order valence-corrected chi connectivity index (χ0v) is 13.1. The Kier molecular flexibility index (Phi) is 5.44. The summed E-state index contributed by atoms with van der Waals surface area (Å²) >= 11 is 6.16. The van der Waals surface area contributed by atoms with Crippen LogP contribution in [0.5, 0.6) is 0 Å². The van der Waals surface area contributed by atoms with Crippen molar-refractivity contribution in [2.75, 3.05) is 20.3 Å². The van der Waals surface area contributed by atoms with Gasteiger partial charge < -0.3 is 25.6 Å². The van der Waals surface area contributed by atoms with Crippen LogP contribution < -0.4 is 11.1 Å². The van der Waals surface area contributed by atoms with E-state index in [0.29, 0.717) is 12.3 Å². The average Bonchev–Trinajstić information content (AvgIpc) is 3.28. The molecule has 1 saturated carbocycles. The van der Waals surface area contributed by atoms with Crippen molar-refractivity contribution in [2.24, 2.45) is 16.6 Å². The molecule has 0 radical (unpaired) electrons. The minimum atomic E-state index is -0.695. The van der Waals surface area contributed by atoms with Crippen molar-refractivity contribution in [1.82, 2.24) is 5.32 Å². The first kappa shape index (κ1) is 16.8. The molecular weight excluding hydrogens is 310 g/mol. The lowest BCUT2D eigenvalue weighted by molar-refractivity contribution is -0.132. The molecule has 1 saturated heterocycles. The summed E-state index contributed by atoms with van der Waals surface area (Å²) in [5.74, 6) is -0.382. The van der Waals surface area contributed by atoms with Gasteiger partial charge in [0.15, 0.2) is 5.71 Å². The van der Waals surface area contributed by atoms with Gasteiger partial charge in [0, 0.05) is 11.6 Å².